The van der Waals surface area contributed by atoms with E-state index < -0.39 is 0 Å². The van der Waals surface area contributed by atoms with Gasteiger partial charge in [-0.15, -0.1) is 0 Å². The molecular weight excluding hydrogens is 494 g/mol. The molecule has 162 valence electrons. The molecule has 0 fully saturated rings. The maximum Gasteiger partial charge on any atom is 0.262 e. The fourth-order valence-electron chi connectivity index (χ4n) is 3.98. The predicted octanol–water partition coefficient (Wildman–Crippen LogP) is 8.07. The van der Waals surface area contributed by atoms with Crippen LogP contribution < -0.4 is 0 Å². The summed E-state index contributed by atoms with van der Waals surface area (Å²) in [4.78, 5) is 27.2. The van der Waals surface area contributed by atoms with E-state index in [0.717, 1.165) is 53.0 Å². The normalized spacial score (nSPS) is 13.4. The summed E-state index contributed by atoms with van der Waals surface area (Å²) in [6.07, 6.45) is 15.4. The number of hydrogen-bond acceptors (Lipinski definition) is 2. The number of rotatable bonds is 14. The molecule has 0 atom stereocenters. The van der Waals surface area contributed by atoms with Crippen molar-refractivity contribution >= 4 is 43.7 Å². The Morgan fingerprint density at radius 2 is 1.24 bits per heavy atom. The summed E-state index contributed by atoms with van der Waals surface area (Å²) in [7, 11) is 0. The number of halogens is 2. The monoisotopic (exact) mass is 527 g/mol. The number of hydrogen-bond donors (Lipinski definition) is 0. The molecule has 2 amide bonds. The van der Waals surface area contributed by atoms with Crippen LogP contribution in [0, 0.1) is 0 Å². The zero-order valence-electron chi connectivity index (χ0n) is 18.0. The van der Waals surface area contributed by atoms with E-state index in [1.54, 1.807) is 0 Å². The summed E-state index contributed by atoms with van der Waals surface area (Å²) in [6.45, 7) is 4.92. The maximum atomic E-state index is 13.0. The van der Waals surface area contributed by atoms with E-state index in [1.165, 1.54) is 49.8 Å². The molecule has 0 saturated heterocycles. The molecule has 1 aromatic carbocycles. The minimum Gasteiger partial charge on any atom is -0.274 e. The van der Waals surface area contributed by atoms with Gasteiger partial charge in [0, 0.05) is 15.5 Å². The van der Waals surface area contributed by atoms with Crippen molar-refractivity contribution in [3.8, 4) is 0 Å². The average Bonchev–Trinajstić information content (AvgIpc) is 2.96. The van der Waals surface area contributed by atoms with Crippen LogP contribution in [0.15, 0.2) is 15.0 Å². The Balaban J connectivity index is 1.95. The maximum absolute atomic E-state index is 13.0. The van der Waals surface area contributed by atoms with Crippen LogP contribution in [-0.4, -0.2) is 23.3 Å². The lowest BCUT2D eigenvalue weighted by Crippen LogP contribution is -2.30. The van der Waals surface area contributed by atoms with E-state index in [2.05, 4.69) is 45.7 Å². The van der Waals surface area contributed by atoms with Crippen LogP contribution in [-0.2, 0) is 6.42 Å². The highest BCUT2D eigenvalue weighted by Gasteiger charge is 2.39. The van der Waals surface area contributed by atoms with Crippen LogP contribution in [0.4, 0.5) is 0 Å². The fraction of sp³-hybridized carbons (Fsp3) is 0.667. The first-order valence-corrected chi connectivity index (χ1v) is 13.0. The number of amides is 2. The number of unbranched alkanes of at least 4 members (excludes halogenated alkanes) is 10. The van der Waals surface area contributed by atoms with Crippen molar-refractivity contribution in [2.75, 3.05) is 6.54 Å². The van der Waals surface area contributed by atoms with E-state index in [-0.39, 0.29) is 11.8 Å². The molecule has 1 aliphatic rings. The van der Waals surface area contributed by atoms with Gasteiger partial charge in [-0.25, -0.2) is 0 Å². The van der Waals surface area contributed by atoms with Crippen LogP contribution >= 0.6 is 31.9 Å². The number of benzene rings is 1. The van der Waals surface area contributed by atoms with Crippen molar-refractivity contribution in [2.45, 2.75) is 97.3 Å². The first kappa shape index (κ1) is 24.6. The Bertz CT molecular complexity index is 703. The Hall–Kier alpha value is -0.680. The predicted molar refractivity (Wildman–Crippen MR) is 128 cm³/mol. The zero-order valence-corrected chi connectivity index (χ0v) is 21.2. The summed E-state index contributed by atoms with van der Waals surface area (Å²) in [5.41, 5.74) is 2.20. The van der Waals surface area contributed by atoms with Gasteiger partial charge in [-0.3, -0.25) is 14.5 Å². The third-order valence-electron chi connectivity index (χ3n) is 5.74. The number of fused-ring (bicyclic) bond motifs is 1. The first-order valence-electron chi connectivity index (χ1n) is 11.4. The Morgan fingerprint density at radius 1 is 0.724 bits per heavy atom. The second-order valence-electron chi connectivity index (χ2n) is 8.13. The molecule has 5 heteroatoms. The van der Waals surface area contributed by atoms with Gasteiger partial charge < -0.3 is 0 Å². The Labute approximate surface area is 193 Å². The molecule has 0 radical (unpaired) electrons. The van der Waals surface area contributed by atoms with Crippen molar-refractivity contribution in [1.29, 1.82) is 0 Å². The van der Waals surface area contributed by atoms with Gasteiger partial charge in [0.1, 0.15) is 0 Å². The Morgan fingerprint density at radius 3 is 1.86 bits per heavy atom. The van der Waals surface area contributed by atoms with E-state index in [0.29, 0.717) is 17.7 Å². The summed E-state index contributed by atoms with van der Waals surface area (Å²) >= 11 is 7.20. The summed E-state index contributed by atoms with van der Waals surface area (Å²) < 4.78 is 1.56. The van der Waals surface area contributed by atoms with Crippen LogP contribution in [0.1, 0.15) is 117 Å². The fourth-order valence-corrected chi connectivity index (χ4v) is 5.31. The number of nitrogens with zero attached hydrogens (tertiary/aromatic N) is 1. The van der Waals surface area contributed by atoms with Crippen molar-refractivity contribution in [1.82, 2.24) is 4.90 Å². The lowest BCUT2D eigenvalue weighted by Gasteiger charge is -2.13. The van der Waals surface area contributed by atoms with Gasteiger partial charge in [-0.05, 0) is 62.8 Å². The molecule has 1 aromatic rings. The van der Waals surface area contributed by atoms with Gasteiger partial charge in [0.2, 0.25) is 0 Å². The number of aryl methyl sites for hydroxylation is 1. The smallest absolute Gasteiger partial charge is 0.262 e. The first-order chi connectivity index (χ1) is 14.0. The van der Waals surface area contributed by atoms with Crippen molar-refractivity contribution in [3.05, 3.63) is 31.7 Å². The molecule has 3 nitrogen and oxygen atoms in total. The molecular formula is C24H35Br2NO2. The zero-order chi connectivity index (χ0) is 21.2. The lowest BCUT2D eigenvalue weighted by molar-refractivity contribution is 0.0651. The topological polar surface area (TPSA) is 37.4 Å². The molecule has 0 bridgehead atoms. The molecule has 0 aromatic heterocycles. The van der Waals surface area contributed by atoms with Crippen LogP contribution in [0.2, 0.25) is 0 Å². The Kier molecular flexibility index (Phi) is 10.9. The van der Waals surface area contributed by atoms with Gasteiger partial charge in [-0.2, -0.15) is 0 Å². The SMILES string of the molecule is CCCCCCCCCCc1cc(Br)c2c(c1Br)C(=O)N(CCCCCC)C2=O. The standard InChI is InChI=1S/C24H35Br2NO2/c1-3-5-7-9-10-11-12-13-15-18-17-19(25)20-21(22(18)26)24(29)27(23(20)28)16-14-8-6-4-2/h17H,3-16H2,1-2H3. The van der Waals surface area contributed by atoms with Crippen LogP contribution in [0.3, 0.4) is 0 Å². The van der Waals surface area contributed by atoms with Crippen LogP contribution in [0.25, 0.3) is 0 Å². The van der Waals surface area contributed by atoms with Crippen molar-refractivity contribution in [2.24, 2.45) is 0 Å². The minimum atomic E-state index is -0.160. The molecule has 0 spiro atoms. The van der Waals surface area contributed by atoms with E-state index in [4.69, 9.17) is 0 Å². The average molecular weight is 529 g/mol. The third-order valence-corrected chi connectivity index (χ3v) is 7.28. The lowest BCUT2D eigenvalue weighted by atomic mass is 10.0. The second kappa shape index (κ2) is 12.9. The van der Waals surface area contributed by atoms with E-state index in [9.17, 15) is 9.59 Å². The summed E-state index contributed by atoms with van der Waals surface area (Å²) in [5, 5.41) is 0. The summed E-state index contributed by atoms with van der Waals surface area (Å²) in [6, 6.07) is 2.02. The highest BCUT2D eigenvalue weighted by atomic mass is 79.9. The van der Waals surface area contributed by atoms with E-state index in [1.807, 2.05) is 6.07 Å². The van der Waals surface area contributed by atoms with Gasteiger partial charge >= 0.3 is 0 Å². The van der Waals surface area contributed by atoms with Gasteiger partial charge in [-0.1, -0.05) is 78.1 Å². The highest BCUT2D eigenvalue weighted by Crippen LogP contribution is 2.38. The highest BCUT2D eigenvalue weighted by molar-refractivity contribution is 9.11. The molecule has 0 unspecified atom stereocenters. The van der Waals surface area contributed by atoms with Gasteiger partial charge in [0.15, 0.2) is 0 Å². The largest absolute Gasteiger partial charge is 0.274 e. The number of carbonyl (C=O) groups excluding carboxylic acids is 2. The molecule has 1 aliphatic heterocycles. The van der Waals surface area contributed by atoms with Gasteiger partial charge in [0.25, 0.3) is 11.8 Å². The van der Waals surface area contributed by atoms with Gasteiger partial charge in [0.05, 0.1) is 11.1 Å². The van der Waals surface area contributed by atoms with E-state index >= 15 is 0 Å². The molecule has 2 rings (SSSR count). The van der Waals surface area contributed by atoms with Crippen LogP contribution in [0.5, 0.6) is 0 Å². The quantitative estimate of drug-likeness (QED) is 0.181. The molecule has 0 aliphatic carbocycles. The third kappa shape index (κ3) is 6.65. The number of imide groups is 1. The molecule has 1 heterocycles. The summed E-state index contributed by atoms with van der Waals surface area (Å²) in [5.74, 6) is -0.306. The molecule has 29 heavy (non-hydrogen) atoms. The second-order valence-corrected chi connectivity index (χ2v) is 9.78. The minimum absolute atomic E-state index is 0.146. The number of carbonyl (C=O) groups is 2. The van der Waals surface area contributed by atoms with Crippen molar-refractivity contribution in [3.63, 3.8) is 0 Å². The van der Waals surface area contributed by atoms with Crippen molar-refractivity contribution < 1.29 is 9.59 Å². The molecule has 0 N–H and O–H groups in total. The molecule has 0 saturated carbocycles.